The minimum absolute atomic E-state index is 0.112. The lowest BCUT2D eigenvalue weighted by Crippen LogP contribution is -2.38. The van der Waals surface area contributed by atoms with Crippen LogP contribution in [0, 0.1) is 5.82 Å². The van der Waals surface area contributed by atoms with Crippen molar-refractivity contribution in [2.45, 2.75) is 18.5 Å². The number of nitrogens with one attached hydrogen (secondary N) is 3. The lowest BCUT2D eigenvalue weighted by molar-refractivity contribution is 0.0915. The van der Waals surface area contributed by atoms with Crippen LogP contribution in [0.4, 0.5) is 15.9 Å². The Morgan fingerprint density at radius 1 is 1.29 bits per heavy atom. The minimum Gasteiger partial charge on any atom is -0.394 e. The summed E-state index contributed by atoms with van der Waals surface area (Å²) in [5.74, 6) is 1.05. The molecule has 2 aliphatic rings. The SMILES string of the molecule is CN(c1ccc(C(=O)N[C@@H](CO)c2ccccc2)cc1F)[C@@H]1CCN(C2=NCNc3[nH]ccc32)C1. The molecular weight excluding hydrogens is 447 g/mol. The van der Waals surface area contributed by atoms with Gasteiger partial charge in [0.05, 0.1) is 23.9 Å². The van der Waals surface area contributed by atoms with Crippen LogP contribution in [-0.2, 0) is 0 Å². The number of aliphatic hydroxyl groups excluding tert-OH is 1. The monoisotopic (exact) mass is 476 g/mol. The summed E-state index contributed by atoms with van der Waals surface area (Å²) in [5.41, 5.74) is 2.50. The van der Waals surface area contributed by atoms with Gasteiger partial charge in [-0.25, -0.2) is 9.38 Å². The Morgan fingerprint density at radius 3 is 2.89 bits per heavy atom. The van der Waals surface area contributed by atoms with Crippen molar-refractivity contribution < 1.29 is 14.3 Å². The first kappa shape index (κ1) is 22.9. The number of likely N-dealkylation sites (N-methyl/N-ethyl adjacent to an activating group) is 1. The molecule has 35 heavy (non-hydrogen) atoms. The van der Waals surface area contributed by atoms with E-state index in [0.29, 0.717) is 12.4 Å². The average molecular weight is 477 g/mol. The molecule has 0 unspecified atom stereocenters. The summed E-state index contributed by atoms with van der Waals surface area (Å²) < 4.78 is 15.1. The zero-order valence-electron chi connectivity index (χ0n) is 19.5. The molecule has 0 saturated carbocycles. The predicted molar refractivity (Wildman–Crippen MR) is 134 cm³/mol. The number of nitrogens with zero attached hydrogens (tertiary/aromatic N) is 3. The van der Waals surface area contributed by atoms with Crippen LogP contribution in [0.15, 0.2) is 65.8 Å². The number of benzene rings is 2. The maximum absolute atomic E-state index is 15.1. The molecule has 182 valence electrons. The van der Waals surface area contributed by atoms with E-state index in [0.717, 1.165) is 42.3 Å². The second-order valence-corrected chi connectivity index (χ2v) is 8.87. The number of likely N-dealkylation sites (tertiary alicyclic amines) is 1. The van der Waals surface area contributed by atoms with Gasteiger partial charge in [-0.3, -0.25) is 4.79 Å². The first-order chi connectivity index (χ1) is 17.0. The number of rotatable bonds is 6. The van der Waals surface area contributed by atoms with Gasteiger partial charge >= 0.3 is 0 Å². The highest BCUT2D eigenvalue weighted by molar-refractivity contribution is 6.04. The summed E-state index contributed by atoms with van der Waals surface area (Å²) in [7, 11) is 1.88. The molecule has 5 rings (SSSR count). The van der Waals surface area contributed by atoms with E-state index in [1.807, 2.05) is 54.5 Å². The average Bonchev–Trinajstić information content (AvgIpc) is 3.57. The number of aromatic amines is 1. The number of carbonyl (C=O) groups is 1. The molecule has 2 aliphatic heterocycles. The number of fused-ring (bicyclic) bond motifs is 1. The first-order valence-corrected chi connectivity index (χ1v) is 11.7. The summed E-state index contributed by atoms with van der Waals surface area (Å²) >= 11 is 0. The molecule has 1 saturated heterocycles. The number of aliphatic hydroxyl groups is 1. The highest BCUT2D eigenvalue weighted by Gasteiger charge is 2.31. The van der Waals surface area contributed by atoms with Gasteiger partial charge < -0.3 is 30.5 Å². The molecule has 2 aromatic carbocycles. The van der Waals surface area contributed by atoms with Crippen LogP contribution in [0.3, 0.4) is 0 Å². The molecule has 0 bridgehead atoms. The fourth-order valence-corrected chi connectivity index (χ4v) is 4.79. The van der Waals surface area contributed by atoms with Gasteiger partial charge in [0.15, 0.2) is 0 Å². The smallest absolute Gasteiger partial charge is 0.251 e. The van der Waals surface area contributed by atoms with Crippen molar-refractivity contribution >= 4 is 23.2 Å². The molecule has 4 N–H and O–H groups in total. The topological polar surface area (TPSA) is 96.0 Å². The van der Waals surface area contributed by atoms with E-state index in [-0.39, 0.29) is 18.2 Å². The minimum atomic E-state index is -0.558. The van der Waals surface area contributed by atoms with E-state index in [9.17, 15) is 9.90 Å². The fraction of sp³-hybridized carbons (Fsp3) is 0.308. The second-order valence-electron chi connectivity index (χ2n) is 8.87. The van der Waals surface area contributed by atoms with Crippen molar-refractivity contribution in [3.63, 3.8) is 0 Å². The molecular formula is C26H29FN6O2. The lowest BCUT2D eigenvalue weighted by Gasteiger charge is -2.29. The number of hydrogen-bond donors (Lipinski definition) is 4. The summed E-state index contributed by atoms with van der Waals surface area (Å²) in [4.78, 5) is 24.8. The Bertz CT molecular complexity index is 1230. The zero-order chi connectivity index (χ0) is 24.4. The van der Waals surface area contributed by atoms with E-state index in [1.165, 1.54) is 6.07 Å². The van der Waals surface area contributed by atoms with Gasteiger partial charge in [0.2, 0.25) is 0 Å². The largest absolute Gasteiger partial charge is 0.394 e. The standard InChI is InChI=1S/C26H29FN6O2/c1-32(19-10-12-33(14-19)25-20-9-11-28-24(20)29-16-30-25)23-8-7-18(13-21(23)27)26(35)31-22(15-34)17-5-3-2-4-6-17/h2-9,11,13,19,22,28-29,34H,10,12,14-16H2,1H3,(H,31,35)/t19-,22+/m1/s1. The van der Waals surface area contributed by atoms with Gasteiger partial charge in [0.25, 0.3) is 5.91 Å². The number of amides is 1. The summed E-state index contributed by atoms with van der Waals surface area (Å²) in [6.07, 6.45) is 2.77. The number of H-pyrrole nitrogens is 1. The lowest BCUT2D eigenvalue weighted by atomic mass is 10.1. The molecule has 3 aromatic rings. The quantitative estimate of drug-likeness (QED) is 0.439. The normalized spacial score (nSPS) is 17.9. The van der Waals surface area contributed by atoms with Gasteiger partial charge in [0, 0.05) is 37.9 Å². The van der Waals surface area contributed by atoms with Gasteiger partial charge in [-0.15, -0.1) is 0 Å². The van der Waals surface area contributed by atoms with Crippen molar-refractivity contribution in [2.75, 3.05) is 43.6 Å². The molecule has 0 spiro atoms. The van der Waals surface area contributed by atoms with Crippen molar-refractivity contribution in [1.82, 2.24) is 15.2 Å². The van der Waals surface area contributed by atoms with Gasteiger partial charge in [0.1, 0.15) is 24.1 Å². The number of hydrogen-bond acceptors (Lipinski definition) is 6. The third kappa shape index (κ3) is 4.59. The van der Waals surface area contributed by atoms with Crippen LogP contribution in [0.2, 0.25) is 0 Å². The van der Waals surface area contributed by atoms with Crippen molar-refractivity contribution in [3.05, 3.63) is 83.3 Å². The van der Waals surface area contributed by atoms with E-state index >= 15 is 4.39 Å². The van der Waals surface area contributed by atoms with Crippen LogP contribution in [0.1, 0.15) is 33.9 Å². The highest BCUT2D eigenvalue weighted by Crippen LogP contribution is 2.28. The molecule has 1 fully saturated rings. The Morgan fingerprint density at radius 2 is 2.11 bits per heavy atom. The Kier molecular flexibility index (Phi) is 6.41. The number of aliphatic imine (C=N–C) groups is 1. The fourth-order valence-electron chi connectivity index (χ4n) is 4.79. The summed E-state index contributed by atoms with van der Waals surface area (Å²) in [5, 5.41) is 15.7. The van der Waals surface area contributed by atoms with Gasteiger partial charge in [-0.05, 0) is 36.2 Å². The third-order valence-corrected chi connectivity index (χ3v) is 6.76. The van der Waals surface area contributed by atoms with Crippen LogP contribution in [-0.4, -0.2) is 66.2 Å². The maximum Gasteiger partial charge on any atom is 0.251 e. The van der Waals surface area contributed by atoms with E-state index in [1.54, 1.807) is 12.1 Å². The van der Waals surface area contributed by atoms with Crippen LogP contribution in [0.5, 0.6) is 0 Å². The number of halogens is 1. The Hall–Kier alpha value is -3.85. The maximum atomic E-state index is 15.1. The molecule has 1 aromatic heterocycles. The summed E-state index contributed by atoms with van der Waals surface area (Å²) in [6, 6.07) is 15.3. The number of carbonyl (C=O) groups excluding carboxylic acids is 1. The van der Waals surface area contributed by atoms with Gasteiger partial charge in [-0.2, -0.15) is 0 Å². The molecule has 3 heterocycles. The number of aromatic nitrogens is 1. The van der Waals surface area contributed by atoms with Crippen LogP contribution < -0.4 is 15.5 Å². The van der Waals surface area contributed by atoms with Crippen LogP contribution >= 0.6 is 0 Å². The highest BCUT2D eigenvalue weighted by atomic mass is 19.1. The predicted octanol–water partition coefficient (Wildman–Crippen LogP) is 2.96. The number of anilines is 2. The molecule has 2 atom stereocenters. The van der Waals surface area contributed by atoms with Crippen molar-refractivity contribution in [3.8, 4) is 0 Å². The van der Waals surface area contributed by atoms with Crippen LogP contribution in [0.25, 0.3) is 0 Å². The summed E-state index contributed by atoms with van der Waals surface area (Å²) in [6.45, 7) is 1.85. The van der Waals surface area contributed by atoms with E-state index in [4.69, 9.17) is 0 Å². The second kappa shape index (κ2) is 9.79. The molecule has 0 aliphatic carbocycles. The van der Waals surface area contributed by atoms with Crippen molar-refractivity contribution in [1.29, 1.82) is 0 Å². The zero-order valence-corrected chi connectivity index (χ0v) is 19.5. The first-order valence-electron chi connectivity index (χ1n) is 11.7. The number of amidine groups is 1. The molecule has 9 heteroatoms. The molecule has 0 radical (unpaired) electrons. The Balaban J connectivity index is 1.25. The molecule has 8 nitrogen and oxygen atoms in total. The van der Waals surface area contributed by atoms with Gasteiger partial charge in [-0.1, -0.05) is 30.3 Å². The molecule has 1 amide bonds. The third-order valence-electron chi connectivity index (χ3n) is 6.76. The van der Waals surface area contributed by atoms with Crippen molar-refractivity contribution in [2.24, 2.45) is 4.99 Å². The Labute approximate surface area is 203 Å². The van der Waals surface area contributed by atoms with E-state index in [2.05, 4.69) is 25.5 Å². The van der Waals surface area contributed by atoms with E-state index < -0.39 is 17.8 Å².